The van der Waals surface area contributed by atoms with Crippen molar-refractivity contribution in [3.8, 4) is 0 Å². The standard InChI is InChI=1S/C9H7NS/c10-8-5-6-3-1-2-4-7(6)9(8)11/h1-5H,(H2,10,11). The van der Waals surface area contributed by atoms with Crippen LogP contribution in [0.1, 0.15) is 11.1 Å². The molecule has 2 heteroatoms. The number of allylic oxidation sites excluding steroid dienone is 1. The smallest absolute Gasteiger partial charge is 0.0685 e. The first-order valence-corrected chi connectivity index (χ1v) is 3.81. The quantitative estimate of drug-likeness (QED) is 0.586. The molecule has 1 aliphatic carbocycles. The van der Waals surface area contributed by atoms with Crippen LogP contribution in [-0.4, -0.2) is 4.86 Å². The first-order chi connectivity index (χ1) is 5.29. The molecule has 0 amide bonds. The highest BCUT2D eigenvalue weighted by Crippen LogP contribution is 2.22. The number of thiocarbonyl (C=S) groups is 1. The number of hydrogen-bond donors (Lipinski definition) is 1. The van der Waals surface area contributed by atoms with Gasteiger partial charge in [-0.15, -0.1) is 0 Å². The molecule has 0 bridgehead atoms. The highest BCUT2D eigenvalue weighted by atomic mass is 32.1. The molecular formula is C9H7NS. The SMILES string of the molecule is NC1=Cc2ccccc2C1=S. The van der Waals surface area contributed by atoms with Gasteiger partial charge < -0.3 is 5.73 Å². The van der Waals surface area contributed by atoms with E-state index in [2.05, 4.69) is 0 Å². The van der Waals surface area contributed by atoms with Crippen molar-refractivity contribution >= 4 is 23.2 Å². The monoisotopic (exact) mass is 161 g/mol. The number of rotatable bonds is 0. The highest BCUT2D eigenvalue weighted by molar-refractivity contribution is 7.81. The molecule has 0 saturated heterocycles. The van der Waals surface area contributed by atoms with E-state index in [-0.39, 0.29) is 0 Å². The Balaban J connectivity index is 2.67. The number of nitrogens with two attached hydrogens (primary N) is 1. The van der Waals surface area contributed by atoms with Crippen molar-refractivity contribution in [2.24, 2.45) is 5.73 Å². The summed E-state index contributed by atoms with van der Waals surface area (Å²) in [5, 5.41) is 0. The van der Waals surface area contributed by atoms with E-state index < -0.39 is 0 Å². The van der Waals surface area contributed by atoms with Gasteiger partial charge in [-0.3, -0.25) is 0 Å². The van der Waals surface area contributed by atoms with Gasteiger partial charge in [-0.25, -0.2) is 0 Å². The fraction of sp³-hybridized carbons (Fsp3) is 0. The average molecular weight is 161 g/mol. The zero-order valence-electron chi connectivity index (χ0n) is 5.87. The number of hydrogen-bond acceptors (Lipinski definition) is 2. The minimum Gasteiger partial charge on any atom is -0.398 e. The molecule has 0 saturated carbocycles. The molecule has 0 aliphatic heterocycles. The molecule has 1 aliphatic rings. The van der Waals surface area contributed by atoms with Crippen LogP contribution in [0.2, 0.25) is 0 Å². The van der Waals surface area contributed by atoms with Crippen LogP contribution in [0.4, 0.5) is 0 Å². The van der Waals surface area contributed by atoms with Gasteiger partial charge in [0.15, 0.2) is 0 Å². The Morgan fingerprint density at radius 3 is 2.64 bits per heavy atom. The first-order valence-electron chi connectivity index (χ1n) is 3.40. The van der Waals surface area contributed by atoms with Crippen LogP contribution in [0.15, 0.2) is 30.0 Å². The molecule has 0 unspecified atom stereocenters. The van der Waals surface area contributed by atoms with E-state index in [9.17, 15) is 0 Å². The minimum absolute atomic E-state index is 0.709. The van der Waals surface area contributed by atoms with Crippen molar-refractivity contribution in [2.75, 3.05) is 0 Å². The lowest BCUT2D eigenvalue weighted by Crippen LogP contribution is -2.04. The molecule has 0 heterocycles. The van der Waals surface area contributed by atoms with Crippen LogP contribution in [-0.2, 0) is 0 Å². The summed E-state index contributed by atoms with van der Waals surface area (Å²) in [6.07, 6.45) is 1.91. The van der Waals surface area contributed by atoms with E-state index in [0.29, 0.717) is 5.70 Å². The second kappa shape index (κ2) is 2.17. The molecule has 1 aromatic rings. The van der Waals surface area contributed by atoms with Crippen LogP contribution in [0.3, 0.4) is 0 Å². The third-order valence-electron chi connectivity index (χ3n) is 1.78. The Morgan fingerprint density at radius 1 is 1.18 bits per heavy atom. The number of benzene rings is 1. The van der Waals surface area contributed by atoms with Gasteiger partial charge in [0.25, 0.3) is 0 Å². The summed E-state index contributed by atoms with van der Waals surface area (Å²) in [6, 6.07) is 7.96. The maximum atomic E-state index is 5.65. The lowest BCUT2D eigenvalue weighted by Gasteiger charge is -1.96. The molecular weight excluding hydrogens is 154 g/mol. The first kappa shape index (κ1) is 6.55. The Kier molecular flexibility index (Phi) is 1.29. The summed E-state index contributed by atoms with van der Waals surface area (Å²) < 4.78 is 0. The Morgan fingerprint density at radius 2 is 1.91 bits per heavy atom. The topological polar surface area (TPSA) is 26.0 Å². The third-order valence-corrected chi connectivity index (χ3v) is 2.23. The molecule has 0 aromatic heterocycles. The Labute approximate surface area is 70.5 Å². The maximum absolute atomic E-state index is 5.65. The minimum atomic E-state index is 0.709. The Hall–Kier alpha value is -1.15. The van der Waals surface area contributed by atoms with Gasteiger partial charge in [0.1, 0.15) is 0 Å². The largest absolute Gasteiger partial charge is 0.398 e. The predicted octanol–water partition coefficient (Wildman–Crippen LogP) is 1.72. The molecule has 0 fully saturated rings. The van der Waals surface area contributed by atoms with Gasteiger partial charge in [-0.2, -0.15) is 0 Å². The van der Waals surface area contributed by atoms with Crippen LogP contribution in [0.5, 0.6) is 0 Å². The van der Waals surface area contributed by atoms with Crippen LogP contribution >= 0.6 is 12.2 Å². The molecule has 2 rings (SSSR count). The fourth-order valence-corrected chi connectivity index (χ4v) is 1.46. The second-order valence-electron chi connectivity index (χ2n) is 2.52. The van der Waals surface area contributed by atoms with Crippen molar-refractivity contribution in [2.45, 2.75) is 0 Å². The summed E-state index contributed by atoms with van der Waals surface area (Å²) in [7, 11) is 0. The summed E-state index contributed by atoms with van der Waals surface area (Å²) in [6.45, 7) is 0. The summed E-state index contributed by atoms with van der Waals surface area (Å²) in [4.78, 5) is 0.778. The molecule has 0 atom stereocenters. The molecule has 0 spiro atoms. The third kappa shape index (κ3) is 0.870. The maximum Gasteiger partial charge on any atom is 0.0685 e. The van der Waals surface area contributed by atoms with Crippen LogP contribution in [0.25, 0.3) is 6.08 Å². The second-order valence-corrected chi connectivity index (χ2v) is 2.92. The van der Waals surface area contributed by atoms with Crippen molar-refractivity contribution in [3.63, 3.8) is 0 Å². The van der Waals surface area contributed by atoms with Crippen molar-refractivity contribution in [1.29, 1.82) is 0 Å². The summed E-state index contributed by atoms with van der Waals surface area (Å²) in [5.74, 6) is 0. The summed E-state index contributed by atoms with van der Waals surface area (Å²) >= 11 is 5.10. The molecule has 0 radical (unpaired) electrons. The Bertz CT molecular complexity index is 352. The lowest BCUT2D eigenvalue weighted by atomic mass is 10.1. The van der Waals surface area contributed by atoms with E-state index in [1.807, 2.05) is 30.3 Å². The average Bonchev–Trinajstić information content (AvgIpc) is 2.30. The van der Waals surface area contributed by atoms with Crippen molar-refractivity contribution in [3.05, 3.63) is 41.1 Å². The van der Waals surface area contributed by atoms with E-state index in [0.717, 1.165) is 16.0 Å². The summed E-state index contributed by atoms with van der Waals surface area (Å²) in [5.41, 5.74) is 8.58. The zero-order valence-corrected chi connectivity index (χ0v) is 6.69. The van der Waals surface area contributed by atoms with Crippen LogP contribution < -0.4 is 5.73 Å². The predicted molar refractivity (Wildman–Crippen MR) is 50.3 cm³/mol. The van der Waals surface area contributed by atoms with Gasteiger partial charge in [-0.1, -0.05) is 36.5 Å². The van der Waals surface area contributed by atoms with E-state index in [4.69, 9.17) is 18.0 Å². The van der Waals surface area contributed by atoms with E-state index in [1.165, 1.54) is 0 Å². The van der Waals surface area contributed by atoms with Crippen molar-refractivity contribution in [1.82, 2.24) is 0 Å². The van der Waals surface area contributed by atoms with Gasteiger partial charge in [0.05, 0.1) is 10.6 Å². The molecule has 54 valence electrons. The lowest BCUT2D eigenvalue weighted by molar-refractivity contribution is 1.55. The highest BCUT2D eigenvalue weighted by Gasteiger charge is 2.14. The van der Waals surface area contributed by atoms with E-state index >= 15 is 0 Å². The van der Waals surface area contributed by atoms with Crippen molar-refractivity contribution < 1.29 is 0 Å². The van der Waals surface area contributed by atoms with Gasteiger partial charge in [-0.05, 0) is 11.6 Å². The normalized spacial score (nSPS) is 14.5. The molecule has 2 N–H and O–H groups in total. The molecule has 1 nitrogen and oxygen atoms in total. The van der Waals surface area contributed by atoms with Gasteiger partial charge in [0.2, 0.25) is 0 Å². The fourth-order valence-electron chi connectivity index (χ4n) is 1.22. The van der Waals surface area contributed by atoms with E-state index in [1.54, 1.807) is 0 Å². The van der Waals surface area contributed by atoms with Gasteiger partial charge >= 0.3 is 0 Å². The molecule has 1 aromatic carbocycles. The zero-order chi connectivity index (χ0) is 7.84. The molecule has 11 heavy (non-hydrogen) atoms. The number of fused-ring (bicyclic) bond motifs is 1. The van der Waals surface area contributed by atoms with Crippen LogP contribution in [0, 0.1) is 0 Å². The van der Waals surface area contributed by atoms with Gasteiger partial charge in [0, 0.05) is 5.56 Å².